The summed E-state index contributed by atoms with van der Waals surface area (Å²) < 4.78 is 5.77. The van der Waals surface area contributed by atoms with Gasteiger partial charge in [0.15, 0.2) is 0 Å². The second kappa shape index (κ2) is 6.84. The van der Waals surface area contributed by atoms with Gasteiger partial charge in [-0.15, -0.1) is 0 Å². The first kappa shape index (κ1) is 15.6. The monoisotopic (exact) mass is 323 g/mol. The van der Waals surface area contributed by atoms with Crippen LogP contribution in [0, 0.1) is 6.92 Å². The zero-order valence-electron chi connectivity index (χ0n) is 13.2. The van der Waals surface area contributed by atoms with E-state index in [2.05, 4.69) is 23.2 Å². The maximum absolute atomic E-state index is 6.08. The molecule has 0 aliphatic heterocycles. The normalized spacial score (nSPS) is 11.3. The van der Waals surface area contributed by atoms with E-state index in [1.54, 1.807) is 0 Å². The molecule has 3 rings (SSSR count). The molecule has 23 heavy (non-hydrogen) atoms. The second-order valence-electron chi connectivity index (χ2n) is 5.32. The number of hydrogen-bond acceptors (Lipinski definition) is 2. The maximum Gasteiger partial charge on any atom is 0.128 e. The molecule has 0 amide bonds. The number of ether oxygens (including phenoxy) is 1. The van der Waals surface area contributed by atoms with Crippen LogP contribution in [0.3, 0.4) is 0 Å². The van der Waals surface area contributed by atoms with E-state index in [0.717, 1.165) is 28.0 Å². The molecule has 0 spiro atoms. The van der Waals surface area contributed by atoms with Gasteiger partial charge in [0.1, 0.15) is 5.75 Å². The molecule has 116 valence electrons. The van der Waals surface area contributed by atoms with Crippen LogP contribution in [0.4, 0.5) is 5.69 Å². The van der Waals surface area contributed by atoms with Crippen LogP contribution < -0.4 is 4.74 Å². The number of aliphatic imine (C=N–C) groups is 1. The third kappa shape index (κ3) is 3.38. The van der Waals surface area contributed by atoms with Crippen molar-refractivity contribution in [1.29, 1.82) is 0 Å². The Morgan fingerprint density at radius 1 is 1.09 bits per heavy atom. The highest BCUT2D eigenvalue weighted by molar-refractivity contribution is 6.30. The summed E-state index contributed by atoms with van der Waals surface area (Å²) in [5.41, 5.74) is 2.95. The summed E-state index contributed by atoms with van der Waals surface area (Å²) in [6, 6.07) is 18.0. The minimum atomic E-state index is 0.620. The van der Waals surface area contributed by atoms with Gasteiger partial charge in [-0.05, 0) is 48.4 Å². The number of hydrogen-bond donors (Lipinski definition) is 0. The molecule has 0 aliphatic carbocycles. The Balaban J connectivity index is 2.12. The highest BCUT2D eigenvalue weighted by atomic mass is 35.5. The van der Waals surface area contributed by atoms with E-state index >= 15 is 0 Å². The number of aryl methyl sites for hydroxylation is 1. The predicted octanol–water partition coefficient (Wildman–Crippen LogP) is 5.95. The van der Waals surface area contributed by atoms with E-state index in [1.165, 1.54) is 5.39 Å². The molecule has 3 heteroatoms. The van der Waals surface area contributed by atoms with E-state index in [4.69, 9.17) is 16.3 Å². The first-order chi connectivity index (χ1) is 11.2. The van der Waals surface area contributed by atoms with Crippen molar-refractivity contribution in [2.45, 2.75) is 13.8 Å². The lowest BCUT2D eigenvalue weighted by molar-refractivity contribution is 0.340. The molecule has 0 radical (unpaired) electrons. The fourth-order valence-corrected chi connectivity index (χ4v) is 2.71. The van der Waals surface area contributed by atoms with Crippen LogP contribution in [-0.4, -0.2) is 12.8 Å². The zero-order valence-corrected chi connectivity index (χ0v) is 14.0. The first-order valence-electron chi connectivity index (χ1n) is 7.64. The lowest BCUT2D eigenvalue weighted by Gasteiger charge is -2.10. The Morgan fingerprint density at radius 3 is 2.74 bits per heavy atom. The minimum absolute atomic E-state index is 0.620. The molecule has 0 saturated carbocycles. The quantitative estimate of drug-likeness (QED) is 0.543. The topological polar surface area (TPSA) is 21.6 Å². The van der Waals surface area contributed by atoms with Crippen molar-refractivity contribution in [3.63, 3.8) is 0 Å². The molecule has 0 atom stereocenters. The van der Waals surface area contributed by atoms with Crippen LogP contribution in [0.5, 0.6) is 5.75 Å². The van der Waals surface area contributed by atoms with E-state index < -0.39 is 0 Å². The van der Waals surface area contributed by atoms with Crippen LogP contribution in [0.1, 0.15) is 18.1 Å². The van der Waals surface area contributed by atoms with Crippen LogP contribution in [0.15, 0.2) is 59.6 Å². The van der Waals surface area contributed by atoms with Crippen molar-refractivity contribution in [2.75, 3.05) is 6.61 Å². The average molecular weight is 324 g/mol. The summed E-state index contributed by atoms with van der Waals surface area (Å²) >= 11 is 6.08. The third-order valence-corrected chi connectivity index (χ3v) is 3.97. The molecule has 0 bridgehead atoms. The molecule has 0 saturated heterocycles. The van der Waals surface area contributed by atoms with Crippen LogP contribution >= 0.6 is 11.6 Å². The molecule has 0 N–H and O–H groups in total. The Bertz CT molecular complexity index is 871. The molecule has 0 fully saturated rings. The highest BCUT2D eigenvalue weighted by Crippen LogP contribution is 2.28. The largest absolute Gasteiger partial charge is 0.493 e. The summed E-state index contributed by atoms with van der Waals surface area (Å²) in [4.78, 5) is 4.64. The van der Waals surface area contributed by atoms with Crippen molar-refractivity contribution < 1.29 is 4.74 Å². The van der Waals surface area contributed by atoms with Gasteiger partial charge in [-0.2, -0.15) is 0 Å². The van der Waals surface area contributed by atoms with Crippen LogP contribution in [0.25, 0.3) is 10.8 Å². The van der Waals surface area contributed by atoms with Gasteiger partial charge in [-0.1, -0.05) is 48.0 Å². The van der Waals surface area contributed by atoms with E-state index in [9.17, 15) is 0 Å². The number of fused-ring (bicyclic) bond motifs is 1. The van der Waals surface area contributed by atoms with E-state index in [1.807, 2.05) is 56.5 Å². The average Bonchev–Trinajstić information content (AvgIpc) is 2.57. The lowest BCUT2D eigenvalue weighted by Crippen LogP contribution is -1.97. The lowest BCUT2D eigenvalue weighted by atomic mass is 10.0. The van der Waals surface area contributed by atoms with Crippen molar-refractivity contribution in [3.8, 4) is 5.75 Å². The van der Waals surface area contributed by atoms with Gasteiger partial charge >= 0.3 is 0 Å². The zero-order chi connectivity index (χ0) is 16.2. The fraction of sp³-hybridized carbons (Fsp3) is 0.150. The second-order valence-corrected chi connectivity index (χ2v) is 5.76. The Labute approximate surface area is 141 Å². The highest BCUT2D eigenvalue weighted by Gasteiger charge is 2.07. The Morgan fingerprint density at radius 2 is 1.91 bits per heavy atom. The molecule has 0 unspecified atom stereocenters. The van der Waals surface area contributed by atoms with Gasteiger partial charge in [0, 0.05) is 16.8 Å². The van der Waals surface area contributed by atoms with Crippen molar-refractivity contribution in [2.24, 2.45) is 4.99 Å². The summed E-state index contributed by atoms with van der Waals surface area (Å²) in [5.74, 6) is 0.842. The van der Waals surface area contributed by atoms with Crippen molar-refractivity contribution >= 4 is 34.3 Å². The molecule has 2 nitrogen and oxygen atoms in total. The van der Waals surface area contributed by atoms with E-state index in [0.29, 0.717) is 11.6 Å². The SMILES string of the molecule is CCOc1ccc2ccccc2c1C=Nc1cc(Cl)ccc1C. The van der Waals surface area contributed by atoms with Gasteiger partial charge < -0.3 is 4.74 Å². The summed E-state index contributed by atoms with van der Waals surface area (Å²) in [7, 11) is 0. The molecule has 0 heterocycles. The minimum Gasteiger partial charge on any atom is -0.493 e. The van der Waals surface area contributed by atoms with Gasteiger partial charge in [-0.25, -0.2) is 0 Å². The smallest absolute Gasteiger partial charge is 0.128 e. The number of benzene rings is 3. The predicted molar refractivity (Wildman–Crippen MR) is 98.6 cm³/mol. The van der Waals surface area contributed by atoms with Crippen LogP contribution in [-0.2, 0) is 0 Å². The number of nitrogens with zero attached hydrogens (tertiary/aromatic N) is 1. The van der Waals surface area contributed by atoms with Gasteiger partial charge in [0.25, 0.3) is 0 Å². The van der Waals surface area contributed by atoms with Gasteiger partial charge in [0.05, 0.1) is 12.3 Å². The molecule has 0 aliphatic rings. The van der Waals surface area contributed by atoms with E-state index in [-0.39, 0.29) is 0 Å². The Hall–Kier alpha value is -2.32. The van der Waals surface area contributed by atoms with Gasteiger partial charge in [0.2, 0.25) is 0 Å². The Kier molecular flexibility index (Phi) is 4.63. The molecule has 3 aromatic carbocycles. The third-order valence-electron chi connectivity index (χ3n) is 3.73. The standard InChI is InChI=1S/C20H18ClNO/c1-3-23-20-11-9-15-6-4-5-7-17(15)18(20)13-22-19-12-16(21)10-8-14(19)2/h4-13H,3H2,1-2H3. The summed E-state index contributed by atoms with van der Waals surface area (Å²) in [6.07, 6.45) is 1.87. The van der Waals surface area contributed by atoms with Crippen LogP contribution in [0.2, 0.25) is 5.02 Å². The summed E-state index contributed by atoms with van der Waals surface area (Å²) in [5, 5.41) is 2.98. The summed E-state index contributed by atoms with van der Waals surface area (Å²) in [6.45, 7) is 4.63. The molecule has 0 aromatic heterocycles. The molecular weight excluding hydrogens is 306 g/mol. The first-order valence-corrected chi connectivity index (χ1v) is 8.01. The number of rotatable bonds is 4. The van der Waals surface area contributed by atoms with Crippen molar-refractivity contribution in [1.82, 2.24) is 0 Å². The molecule has 3 aromatic rings. The van der Waals surface area contributed by atoms with Gasteiger partial charge in [-0.3, -0.25) is 4.99 Å². The van der Waals surface area contributed by atoms with Crippen molar-refractivity contribution in [3.05, 3.63) is 70.7 Å². The fourth-order valence-electron chi connectivity index (χ4n) is 2.55. The number of halogens is 1. The maximum atomic E-state index is 6.08. The molecular formula is C20H18ClNO.